The average Bonchev–Trinajstić information content (AvgIpc) is 2.43. The molecule has 0 spiro atoms. The number of rotatable bonds is 14. The van der Waals surface area contributed by atoms with Crippen LogP contribution in [-0.4, -0.2) is 17.7 Å². The van der Waals surface area contributed by atoms with Crippen LogP contribution in [0, 0.1) is 0 Å². The second-order valence-corrected chi connectivity index (χ2v) is 5.46. The van der Waals surface area contributed by atoms with E-state index in [1.807, 2.05) is 0 Å². The lowest BCUT2D eigenvalue weighted by molar-refractivity contribution is 0.194. The molecule has 0 aliphatic heterocycles. The molecule has 0 unspecified atom stereocenters. The van der Waals surface area contributed by atoms with E-state index in [-0.39, 0.29) is 0 Å². The third-order valence-corrected chi connectivity index (χ3v) is 3.46. The summed E-state index contributed by atoms with van der Waals surface area (Å²) < 4.78 is 0. The summed E-state index contributed by atoms with van der Waals surface area (Å²) in [6.45, 7) is 2.84. The van der Waals surface area contributed by atoms with Crippen LogP contribution in [0.3, 0.4) is 0 Å². The van der Waals surface area contributed by atoms with Crippen LogP contribution in [0.4, 0.5) is 4.79 Å². The zero-order valence-electron chi connectivity index (χ0n) is 13.2. The maximum Gasteiger partial charge on any atom is 0.404 e. The first-order chi connectivity index (χ1) is 9.77. The van der Waals surface area contributed by atoms with Crippen molar-refractivity contribution in [1.29, 1.82) is 0 Å². The van der Waals surface area contributed by atoms with E-state index in [1.165, 1.54) is 64.2 Å². The first-order valence-electron chi connectivity index (χ1n) is 8.39. The van der Waals surface area contributed by atoms with Gasteiger partial charge in [0.1, 0.15) is 0 Å². The molecular formula is C17H33NO2. The molecule has 0 aliphatic rings. The van der Waals surface area contributed by atoms with Crippen molar-refractivity contribution in [2.24, 2.45) is 0 Å². The van der Waals surface area contributed by atoms with Crippen LogP contribution in [-0.2, 0) is 0 Å². The van der Waals surface area contributed by atoms with Gasteiger partial charge in [0, 0.05) is 6.54 Å². The van der Waals surface area contributed by atoms with Crippen LogP contribution in [0.5, 0.6) is 0 Å². The molecule has 3 nitrogen and oxygen atoms in total. The van der Waals surface area contributed by atoms with E-state index in [2.05, 4.69) is 24.4 Å². The molecule has 0 fully saturated rings. The molecule has 0 aromatic heterocycles. The van der Waals surface area contributed by atoms with Gasteiger partial charge in [0.2, 0.25) is 0 Å². The van der Waals surface area contributed by atoms with Crippen molar-refractivity contribution in [2.75, 3.05) is 6.54 Å². The van der Waals surface area contributed by atoms with Gasteiger partial charge in [-0.05, 0) is 32.1 Å². The summed E-state index contributed by atoms with van der Waals surface area (Å²) in [7, 11) is 0. The molecule has 2 N–H and O–H groups in total. The fraction of sp³-hybridized carbons (Fsp3) is 0.824. The number of carboxylic acid groups (broad SMARTS) is 1. The van der Waals surface area contributed by atoms with Gasteiger partial charge in [-0.2, -0.15) is 0 Å². The molecule has 20 heavy (non-hydrogen) atoms. The molecule has 118 valence electrons. The van der Waals surface area contributed by atoms with E-state index in [4.69, 9.17) is 5.11 Å². The number of amides is 1. The second-order valence-electron chi connectivity index (χ2n) is 5.46. The van der Waals surface area contributed by atoms with Crippen molar-refractivity contribution in [1.82, 2.24) is 5.32 Å². The Morgan fingerprint density at radius 1 is 0.850 bits per heavy atom. The van der Waals surface area contributed by atoms with E-state index in [0.717, 1.165) is 12.8 Å². The van der Waals surface area contributed by atoms with E-state index in [1.54, 1.807) is 0 Å². The Morgan fingerprint density at radius 3 is 1.90 bits per heavy atom. The van der Waals surface area contributed by atoms with Crippen LogP contribution in [0.1, 0.15) is 84.0 Å². The smallest absolute Gasteiger partial charge is 0.404 e. The molecule has 0 saturated carbocycles. The Balaban J connectivity index is 3.07. The molecule has 0 radical (unpaired) electrons. The van der Waals surface area contributed by atoms with Gasteiger partial charge in [-0.1, -0.05) is 64.0 Å². The van der Waals surface area contributed by atoms with Crippen molar-refractivity contribution in [3.8, 4) is 0 Å². The zero-order chi connectivity index (χ0) is 14.9. The van der Waals surface area contributed by atoms with Crippen LogP contribution in [0.2, 0.25) is 0 Å². The molecule has 0 aromatic carbocycles. The summed E-state index contributed by atoms with van der Waals surface area (Å²) in [5, 5.41) is 10.8. The fourth-order valence-corrected chi connectivity index (χ4v) is 2.21. The standard InChI is InChI=1S/C17H33NO2/c1-2-3-4-5-6-7-8-9-10-11-12-13-14-15-16-18-17(19)20/h9-10,18H,2-8,11-16H2,1H3,(H,19,20)/b10-9+. The fourth-order valence-electron chi connectivity index (χ4n) is 2.21. The number of nitrogens with one attached hydrogen (secondary N) is 1. The number of allylic oxidation sites excluding steroid dienone is 2. The quantitative estimate of drug-likeness (QED) is 0.326. The van der Waals surface area contributed by atoms with E-state index < -0.39 is 6.09 Å². The summed E-state index contributed by atoms with van der Waals surface area (Å²) in [6.07, 6.45) is 18.8. The van der Waals surface area contributed by atoms with Crippen molar-refractivity contribution in [2.45, 2.75) is 84.0 Å². The Morgan fingerprint density at radius 2 is 1.35 bits per heavy atom. The zero-order valence-corrected chi connectivity index (χ0v) is 13.2. The maximum absolute atomic E-state index is 10.2. The third-order valence-electron chi connectivity index (χ3n) is 3.46. The Bertz CT molecular complexity index is 239. The molecule has 1 amide bonds. The molecule has 0 aliphatic carbocycles. The molecule has 0 heterocycles. The lowest BCUT2D eigenvalue weighted by Crippen LogP contribution is -2.21. The largest absolute Gasteiger partial charge is 0.465 e. The second kappa shape index (κ2) is 16.1. The molecule has 3 heteroatoms. The van der Waals surface area contributed by atoms with Crippen molar-refractivity contribution in [3.63, 3.8) is 0 Å². The van der Waals surface area contributed by atoms with Gasteiger partial charge >= 0.3 is 6.09 Å². The van der Waals surface area contributed by atoms with Gasteiger partial charge < -0.3 is 10.4 Å². The van der Waals surface area contributed by atoms with E-state index >= 15 is 0 Å². The molecule has 0 atom stereocenters. The summed E-state index contributed by atoms with van der Waals surface area (Å²) in [6, 6.07) is 0. The minimum Gasteiger partial charge on any atom is -0.465 e. The molecular weight excluding hydrogens is 250 g/mol. The molecule has 0 rings (SSSR count). The predicted molar refractivity (Wildman–Crippen MR) is 86.2 cm³/mol. The van der Waals surface area contributed by atoms with Gasteiger partial charge in [0.15, 0.2) is 0 Å². The minimum atomic E-state index is -0.914. The number of hydrogen-bond acceptors (Lipinski definition) is 1. The van der Waals surface area contributed by atoms with Gasteiger partial charge in [-0.25, -0.2) is 4.79 Å². The highest BCUT2D eigenvalue weighted by molar-refractivity contribution is 5.64. The highest BCUT2D eigenvalue weighted by Gasteiger charge is 1.93. The Hall–Kier alpha value is -0.990. The van der Waals surface area contributed by atoms with E-state index in [9.17, 15) is 4.79 Å². The van der Waals surface area contributed by atoms with Crippen LogP contribution in [0.25, 0.3) is 0 Å². The van der Waals surface area contributed by atoms with Crippen molar-refractivity contribution in [3.05, 3.63) is 12.2 Å². The first-order valence-corrected chi connectivity index (χ1v) is 8.39. The molecule has 0 aromatic rings. The average molecular weight is 283 g/mol. The van der Waals surface area contributed by atoms with E-state index in [0.29, 0.717) is 6.54 Å². The number of carbonyl (C=O) groups is 1. The van der Waals surface area contributed by atoms with Gasteiger partial charge in [0.05, 0.1) is 0 Å². The first kappa shape index (κ1) is 19.0. The van der Waals surface area contributed by atoms with Gasteiger partial charge in [-0.3, -0.25) is 0 Å². The lowest BCUT2D eigenvalue weighted by atomic mass is 10.1. The predicted octanol–water partition coefficient (Wildman–Crippen LogP) is 5.51. The van der Waals surface area contributed by atoms with Crippen molar-refractivity contribution < 1.29 is 9.90 Å². The third kappa shape index (κ3) is 17.0. The normalized spacial score (nSPS) is 11.1. The lowest BCUT2D eigenvalue weighted by Gasteiger charge is -2.00. The Labute approximate surface area is 124 Å². The minimum absolute atomic E-state index is 0.587. The monoisotopic (exact) mass is 283 g/mol. The van der Waals surface area contributed by atoms with Gasteiger partial charge in [-0.15, -0.1) is 0 Å². The van der Waals surface area contributed by atoms with Gasteiger partial charge in [0.25, 0.3) is 0 Å². The number of hydrogen-bond donors (Lipinski definition) is 2. The molecule has 0 bridgehead atoms. The summed E-state index contributed by atoms with van der Waals surface area (Å²) in [4.78, 5) is 10.2. The highest BCUT2D eigenvalue weighted by atomic mass is 16.4. The van der Waals surface area contributed by atoms with Crippen molar-refractivity contribution >= 4 is 6.09 Å². The topological polar surface area (TPSA) is 49.3 Å². The van der Waals surface area contributed by atoms with Crippen LogP contribution < -0.4 is 5.32 Å². The Kier molecular flexibility index (Phi) is 15.3. The number of unbranched alkanes of at least 4 members (excludes halogenated alkanes) is 10. The maximum atomic E-state index is 10.2. The summed E-state index contributed by atoms with van der Waals surface area (Å²) in [5.41, 5.74) is 0. The summed E-state index contributed by atoms with van der Waals surface area (Å²) >= 11 is 0. The SMILES string of the molecule is CCCCCCCC/C=C/CCCCCCNC(=O)O. The molecule has 0 saturated heterocycles. The summed E-state index contributed by atoms with van der Waals surface area (Å²) in [5.74, 6) is 0. The van der Waals surface area contributed by atoms with Crippen LogP contribution >= 0.6 is 0 Å². The highest BCUT2D eigenvalue weighted by Crippen LogP contribution is 2.08. The van der Waals surface area contributed by atoms with Crippen LogP contribution in [0.15, 0.2) is 12.2 Å².